The molecule has 2 aromatic rings. The van der Waals surface area contributed by atoms with Crippen LogP contribution in [0.5, 0.6) is 5.75 Å². The smallest absolute Gasteiger partial charge is 0.136 e. The average molecular weight is 231 g/mol. The fraction of sp³-hybridized carbons (Fsp3) is 0.0769. The largest absolute Gasteiger partial charge is 0.497 e. The molecule has 1 unspecified atom stereocenters. The molecule has 16 heavy (non-hydrogen) atoms. The second kappa shape index (κ2) is 4.91. The first-order chi connectivity index (χ1) is 7.81. The molecule has 0 saturated carbocycles. The maximum atomic E-state index is 12.2. The summed E-state index contributed by atoms with van der Waals surface area (Å²) in [5.74, 6) is 0.733. The van der Waals surface area contributed by atoms with Gasteiger partial charge in [0.25, 0.3) is 0 Å². The molecular formula is C13H12O2P. The van der Waals surface area contributed by atoms with Crippen LogP contribution in [0.1, 0.15) is 0 Å². The molecule has 0 saturated heterocycles. The molecule has 0 aliphatic rings. The van der Waals surface area contributed by atoms with E-state index in [4.69, 9.17) is 4.74 Å². The second-order valence-electron chi connectivity index (χ2n) is 3.33. The zero-order chi connectivity index (χ0) is 11.4. The minimum atomic E-state index is -1.52. The SMILES string of the molecule is COc1cccc([P](=O)c2ccccc2)c1. The lowest BCUT2D eigenvalue weighted by molar-refractivity contribution is 0.415. The monoisotopic (exact) mass is 231 g/mol. The normalized spacial score (nSPS) is 10.9. The van der Waals surface area contributed by atoms with Gasteiger partial charge in [0.2, 0.25) is 0 Å². The summed E-state index contributed by atoms with van der Waals surface area (Å²) in [6.45, 7) is 0. The highest BCUT2D eigenvalue weighted by Gasteiger charge is 2.07. The molecule has 0 fully saturated rings. The predicted molar refractivity (Wildman–Crippen MR) is 66.3 cm³/mol. The summed E-state index contributed by atoms with van der Waals surface area (Å²) in [5.41, 5.74) is 0. The Morgan fingerprint density at radius 3 is 2.31 bits per heavy atom. The van der Waals surface area contributed by atoms with Crippen LogP contribution >= 0.6 is 7.80 Å². The van der Waals surface area contributed by atoms with E-state index in [1.165, 1.54) is 0 Å². The molecule has 0 aliphatic heterocycles. The fourth-order valence-electron chi connectivity index (χ4n) is 1.45. The van der Waals surface area contributed by atoms with E-state index in [9.17, 15) is 4.57 Å². The Kier molecular flexibility index (Phi) is 3.33. The standard InChI is InChI=1S/C13H12O2P/c1-15-11-6-5-9-13(10-11)16(14)12-7-3-2-4-8-12/h2-10H,1H3. The van der Waals surface area contributed by atoms with E-state index in [2.05, 4.69) is 0 Å². The summed E-state index contributed by atoms with van der Waals surface area (Å²) in [5, 5.41) is 1.63. The van der Waals surface area contributed by atoms with Crippen LogP contribution < -0.4 is 15.3 Å². The van der Waals surface area contributed by atoms with Crippen LogP contribution in [-0.2, 0) is 4.57 Å². The minimum absolute atomic E-state index is 0.733. The van der Waals surface area contributed by atoms with Crippen LogP contribution in [0.15, 0.2) is 54.6 Å². The van der Waals surface area contributed by atoms with Crippen molar-refractivity contribution in [3.63, 3.8) is 0 Å². The van der Waals surface area contributed by atoms with E-state index in [0.29, 0.717) is 0 Å². The van der Waals surface area contributed by atoms with Crippen LogP contribution in [0.25, 0.3) is 0 Å². The number of hydrogen-bond acceptors (Lipinski definition) is 2. The van der Waals surface area contributed by atoms with Gasteiger partial charge in [0, 0.05) is 10.6 Å². The number of benzene rings is 2. The van der Waals surface area contributed by atoms with E-state index in [0.717, 1.165) is 16.4 Å². The quantitative estimate of drug-likeness (QED) is 0.758. The van der Waals surface area contributed by atoms with Crippen molar-refractivity contribution in [2.24, 2.45) is 0 Å². The first kappa shape index (κ1) is 10.8. The summed E-state index contributed by atoms with van der Waals surface area (Å²) >= 11 is 0. The van der Waals surface area contributed by atoms with Crippen molar-refractivity contribution in [2.45, 2.75) is 0 Å². The fourth-order valence-corrected chi connectivity index (χ4v) is 2.66. The summed E-state index contributed by atoms with van der Waals surface area (Å²) in [7, 11) is 0.0831. The summed E-state index contributed by atoms with van der Waals surface area (Å²) in [4.78, 5) is 0. The van der Waals surface area contributed by atoms with Crippen LogP contribution in [0.2, 0.25) is 0 Å². The highest BCUT2D eigenvalue weighted by Crippen LogP contribution is 2.21. The van der Waals surface area contributed by atoms with Crippen molar-refractivity contribution in [3.8, 4) is 5.75 Å². The van der Waals surface area contributed by atoms with Gasteiger partial charge in [-0.15, -0.1) is 0 Å². The lowest BCUT2D eigenvalue weighted by Crippen LogP contribution is -2.06. The van der Waals surface area contributed by atoms with Gasteiger partial charge in [0.05, 0.1) is 7.11 Å². The highest BCUT2D eigenvalue weighted by atomic mass is 31.1. The van der Waals surface area contributed by atoms with Gasteiger partial charge in [0.15, 0.2) is 0 Å². The Hall–Kier alpha value is -1.66. The van der Waals surface area contributed by atoms with Gasteiger partial charge < -0.3 is 4.74 Å². The van der Waals surface area contributed by atoms with Gasteiger partial charge in [-0.25, -0.2) is 0 Å². The molecule has 3 heteroatoms. The third-order valence-corrected chi connectivity index (χ3v) is 3.79. The summed E-state index contributed by atoms with van der Waals surface area (Å²) in [6.07, 6.45) is 0. The van der Waals surface area contributed by atoms with E-state index < -0.39 is 7.80 Å². The maximum Gasteiger partial charge on any atom is 0.136 e. The predicted octanol–water partition coefficient (Wildman–Crippen LogP) is 2.47. The number of rotatable bonds is 3. The van der Waals surface area contributed by atoms with E-state index in [1.807, 2.05) is 54.6 Å². The molecule has 0 aromatic heterocycles. The molecular weight excluding hydrogens is 219 g/mol. The van der Waals surface area contributed by atoms with E-state index in [-0.39, 0.29) is 0 Å². The third kappa shape index (κ3) is 2.29. The molecule has 1 atom stereocenters. The van der Waals surface area contributed by atoms with Gasteiger partial charge in [-0.05, 0) is 30.3 Å². The topological polar surface area (TPSA) is 26.3 Å². The molecule has 2 nitrogen and oxygen atoms in total. The Morgan fingerprint density at radius 1 is 0.938 bits per heavy atom. The van der Waals surface area contributed by atoms with Gasteiger partial charge in [-0.1, -0.05) is 24.3 Å². The van der Waals surface area contributed by atoms with Crippen molar-refractivity contribution in [1.82, 2.24) is 0 Å². The lowest BCUT2D eigenvalue weighted by Gasteiger charge is -2.03. The zero-order valence-corrected chi connectivity index (χ0v) is 9.85. The average Bonchev–Trinajstić information content (AvgIpc) is 2.39. The molecule has 0 spiro atoms. The number of ether oxygens (including phenoxy) is 1. The maximum absolute atomic E-state index is 12.2. The molecule has 0 N–H and O–H groups in total. The van der Waals surface area contributed by atoms with Gasteiger partial charge in [-0.2, -0.15) is 0 Å². The van der Waals surface area contributed by atoms with Gasteiger partial charge in [-0.3, -0.25) is 4.57 Å². The first-order valence-electron chi connectivity index (χ1n) is 4.97. The highest BCUT2D eigenvalue weighted by molar-refractivity contribution is 7.61. The summed E-state index contributed by atoms with van der Waals surface area (Å²) in [6, 6.07) is 16.8. The zero-order valence-electron chi connectivity index (χ0n) is 8.96. The Bertz CT molecular complexity index is 494. The van der Waals surface area contributed by atoms with Gasteiger partial charge in [0.1, 0.15) is 13.6 Å². The Morgan fingerprint density at radius 2 is 1.62 bits per heavy atom. The minimum Gasteiger partial charge on any atom is -0.497 e. The van der Waals surface area contributed by atoms with Crippen molar-refractivity contribution >= 4 is 18.4 Å². The van der Waals surface area contributed by atoms with Crippen LogP contribution in [-0.4, -0.2) is 7.11 Å². The van der Waals surface area contributed by atoms with E-state index in [1.54, 1.807) is 7.11 Å². The van der Waals surface area contributed by atoms with Crippen molar-refractivity contribution in [3.05, 3.63) is 54.6 Å². The second-order valence-corrected chi connectivity index (χ2v) is 4.95. The molecule has 0 heterocycles. The Balaban J connectivity index is 2.34. The van der Waals surface area contributed by atoms with Crippen LogP contribution in [0.4, 0.5) is 0 Å². The molecule has 2 rings (SSSR count). The number of hydrogen-bond donors (Lipinski definition) is 0. The van der Waals surface area contributed by atoms with Gasteiger partial charge >= 0.3 is 0 Å². The van der Waals surface area contributed by atoms with E-state index >= 15 is 0 Å². The van der Waals surface area contributed by atoms with Crippen LogP contribution in [0.3, 0.4) is 0 Å². The third-order valence-electron chi connectivity index (χ3n) is 2.28. The summed E-state index contributed by atoms with van der Waals surface area (Å²) < 4.78 is 17.3. The lowest BCUT2D eigenvalue weighted by atomic mass is 10.3. The van der Waals surface area contributed by atoms with Crippen LogP contribution in [0, 0.1) is 0 Å². The Labute approximate surface area is 95.7 Å². The van der Waals surface area contributed by atoms with Crippen molar-refractivity contribution in [2.75, 3.05) is 7.11 Å². The molecule has 0 aliphatic carbocycles. The van der Waals surface area contributed by atoms with Crippen molar-refractivity contribution < 1.29 is 9.30 Å². The first-order valence-corrected chi connectivity index (χ1v) is 6.23. The molecule has 2 aromatic carbocycles. The number of methoxy groups -OCH3 is 1. The molecule has 81 valence electrons. The molecule has 1 radical (unpaired) electrons. The molecule has 0 bridgehead atoms. The molecule has 0 amide bonds. The van der Waals surface area contributed by atoms with Crippen molar-refractivity contribution in [1.29, 1.82) is 0 Å².